The van der Waals surface area contributed by atoms with Crippen LogP contribution in [-0.4, -0.2) is 35.0 Å². The van der Waals surface area contributed by atoms with Gasteiger partial charge in [-0.25, -0.2) is 4.39 Å². The summed E-state index contributed by atoms with van der Waals surface area (Å²) in [5.41, 5.74) is -0.184. The van der Waals surface area contributed by atoms with E-state index in [2.05, 4.69) is 24.1 Å². The van der Waals surface area contributed by atoms with E-state index in [1.165, 1.54) is 18.2 Å². The molecule has 110 valence electrons. The normalized spacial score (nSPS) is 17.4. The highest BCUT2D eigenvalue weighted by atomic mass is 19.1. The summed E-state index contributed by atoms with van der Waals surface area (Å²) in [6.45, 7) is 6.15. The quantitative estimate of drug-likeness (QED) is 0.681. The van der Waals surface area contributed by atoms with Crippen LogP contribution in [0, 0.1) is 15.9 Å². The van der Waals surface area contributed by atoms with E-state index in [9.17, 15) is 14.5 Å². The lowest BCUT2D eigenvalue weighted by atomic mass is 10.0. The number of nitro groups is 1. The van der Waals surface area contributed by atoms with Crippen LogP contribution in [0.5, 0.6) is 0 Å². The number of nitro benzene ring substituents is 1. The smallest absolute Gasteiger partial charge is 0.295 e. The first-order valence-corrected chi connectivity index (χ1v) is 6.92. The lowest BCUT2D eigenvalue weighted by Gasteiger charge is -2.35. The summed E-state index contributed by atoms with van der Waals surface area (Å²) in [4.78, 5) is 12.8. The molecule has 0 radical (unpaired) electrons. The van der Waals surface area contributed by atoms with Gasteiger partial charge >= 0.3 is 0 Å². The van der Waals surface area contributed by atoms with Crippen LogP contribution in [0.3, 0.4) is 0 Å². The van der Waals surface area contributed by atoms with Crippen molar-refractivity contribution in [2.45, 2.75) is 38.8 Å². The van der Waals surface area contributed by atoms with Gasteiger partial charge in [0.25, 0.3) is 5.69 Å². The first-order valence-electron chi connectivity index (χ1n) is 6.92. The highest BCUT2D eigenvalue weighted by Crippen LogP contribution is 2.29. The Morgan fingerprint density at radius 1 is 1.40 bits per heavy atom. The summed E-state index contributed by atoms with van der Waals surface area (Å²) in [6, 6.07) is 4.52. The molecule has 1 aromatic rings. The van der Waals surface area contributed by atoms with Crippen molar-refractivity contribution in [3.8, 4) is 0 Å². The third kappa shape index (κ3) is 3.25. The van der Waals surface area contributed by atoms with Gasteiger partial charge in [-0.15, -0.1) is 0 Å². The number of piperidine rings is 1. The molecule has 0 spiro atoms. The van der Waals surface area contributed by atoms with Gasteiger partial charge in [0.05, 0.1) is 4.92 Å². The Labute approximate surface area is 117 Å². The number of hydrogen-bond donors (Lipinski definition) is 1. The Morgan fingerprint density at radius 3 is 2.60 bits per heavy atom. The van der Waals surface area contributed by atoms with Crippen molar-refractivity contribution < 1.29 is 9.31 Å². The molecule has 1 aromatic carbocycles. The van der Waals surface area contributed by atoms with Gasteiger partial charge in [-0.05, 0) is 32.8 Å². The number of hydrogen-bond acceptors (Lipinski definition) is 4. The van der Waals surface area contributed by atoms with Crippen molar-refractivity contribution in [2.75, 3.05) is 18.4 Å². The molecular formula is C14H20FN3O2. The average molecular weight is 281 g/mol. The Bertz CT molecular complexity index is 485. The lowest BCUT2D eigenvalue weighted by Crippen LogP contribution is -2.42. The first-order chi connectivity index (χ1) is 9.49. The largest absolute Gasteiger partial charge is 0.374 e. The van der Waals surface area contributed by atoms with E-state index in [0.29, 0.717) is 6.04 Å². The number of benzene rings is 1. The molecule has 1 saturated heterocycles. The molecule has 2 rings (SSSR count). The summed E-state index contributed by atoms with van der Waals surface area (Å²) in [6.07, 6.45) is 1.73. The van der Waals surface area contributed by atoms with Crippen molar-refractivity contribution in [2.24, 2.45) is 0 Å². The van der Waals surface area contributed by atoms with Crippen LogP contribution in [0.25, 0.3) is 0 Å². The summed E-state index contributed by atoms with van der Waals surface area (Å²) < 4.78 is 13.8. The van der Waals surface area contributed by atoms with E-state index in [1.54, 1.807) is 0 Å². The van der Waals surface area contributed by atoms with Gasteiger partial charge in [0, 0.05) is 31.2 Å². The van der Waals surface area contributed by atoms with Crippen LogP contribution in [0.4, 0.5) is 15.8 Å². The van der Waals surface area contributed by atoms with Crippen LogP contribution in [0.1, 0.15) is 26.7 Å². The highest BCUT2D eigenvalue weighted by molar-refractivity contribution is 5.62. The molecule has 1 aliphatic heterocycles. The monoisotopic (exact) mass is 281 g/mol. The van der Waals surface area contributed by atoms with Crippen molar-refractivity contribution >= 4 is 11.4 Å². The second-order valence-electron chi connectivity index (χ2n) is 5.44. The number of rotatable bonds is 4. The maximum atomic E-state index is 13.8. The second kappa shape index (κ2) is 6.17. The summed E-state index contributed by atoms with van der Waals surface area (Å²) in [5, 5.41) is 14.0. The maximum absolute atomic E-state index is 13.8. The molecule has 0 bridgehead atoms. The standard InChI is InChI=1S/C14H20FN3O2/c1-10(2)17-8-6-11(7-9-17)16-14-12(15)4-3-5-13(14)18(19)20/h3-5,10-11,16H,6-9H2,1-2H3. The number of nitrogens with one attached hydrogen (secondary N) is 1. The number of likely N-dealkylation sites (tertiary alicyclic amines) is 1. The lowest BCUT2D eigenvalue weighted by molar-refractivity contribution is -0.384. The van der Waals surface area contributed by atoms with E-state index >= 15 is 0 Å². The molecule has 1 N–H and O–H groups in total. The van der Waals surface area contributed by atoms with E-state index in [-0.39, 0.29) is 17.4 Å². The molecule has 0 atom stereocenters. The topological polar surface area (TPSA) is 58.4 Å². The zero-order chi connectivity index (χ0) is 14.7. The van der Waals surface area contributed by atoms with E-state index < -0.39 is 10.7 Å². The molecule has 5 nitrogen and oxygen atoms in total. The number of para-hydroxylation sites is 1. The van der Waals surface area contributed by atoms with Crippen molar-refractivity contribution in [3.05, 3.63) is 34.1 Å². The molecule has 20 heavy (non-hydrogen) atoms. The van der Waals surface area contributed by atoms with Crippen LogP contribution in [0.15, 0.2) is 18.2 Å². The molecule has 1 aliphatic rings. The average Bonchev–Trinajstić information content (AvgIpc) is 2.41. The predicted molar refractivity (Wildman–Crippen MR) is 76.4 cm³/mol. The molecule has 0 aliphatic carbocycles. The van der Waals surface area contributed by atoms with Crippen LogP contribution < -0.4 is 5.32 Å². The number of anilines is 1. The number of nitrogens with zero attached hydrogens (tertiary/aromatic N) is 2. The summed E-state index contributed by atoms with van der Waals surface area (Å²) in [7, 11) is 0. The van der Waals surface area contributed by atoms with Gasteiger partial charge in [-0.2, -0.15) is 0 Å². The number of halogens is 1. The molecular weight excluding hydrogens is 261 g/mol. The minimum Gasteiger partial charge on any atom is -0.374 e. The molecule has 1 fully saturated rings. The fourth-order valence-electron chi connectivity index (χ4n) is 2.57. The third-order valence-electron chi connectivity index (χ3n) is 3.80. The maximum Gasteiger partial charge on any atom is 0.295 e. The van der Waals surface area contributed by atoms with Gasteiger partial charge in [0.2, 0.25) is 0 Å². The zero-order valence-electron chi connectivity index (χ0n) is 11.8. The van der Waals surface area contributed by atoms with Gasteiger partial charge < -0.3 is 10.2 Å². The summed E-state index contributed by atoms with van der Waals surface area (Å²) in [5.74, 6) is -0.564. The van der Waals surface area contributed by atoms with Gasteiger partial charge in [-0.1, -0.05) is 6.07 Å². The fraction of sp³-hybridized carbons (Fsp3) is 0.571. The molecule has 0 amide bonds. The Hall–Kier alpha value is -1.69. The van der Waals surface area contributed by atoms with Gasteiger partial charge in [-0.3, -0.25) is 10.1 Å². The van der Waals surface area contributed by atoms with Crippen molar-refractivity contribution in [1.29, 1.82) is 0 Å². The van der Waals surface area contributed by atoms with Crippen LogP contribution >= 0.6 is 0 Å². The molecule has 1 heterocycles. The van der Waals surface area contributed by atoms with E-state index in [0.717, 1.165) is 25.9 Å². The molecule has 6 heteroatoms. The Morgan fingerprint density at radius 2 is 2.05 bits per heavy atom. The zero-order valence-corrected chi connectivity index (χ0v) is 11.8. The highest BCUT2D eigenvalue weighted by Gasteiger charge is 2.24. The second-order valence-corrected chi connectivity index (χ2v) is 5.44. The minimum absolute atomic E-state index is 0.0143. The van der Waals surface area contributed by atoms with E-state index in [4.69, 9.17) is 0 Å². The third-order valence-corrected chi connectivity index (χ3v) is 3.80. The SMILES string of the molecule is CC(C)N1CCC(Nc2c(F)cccc2[N+](=O)[O-])CC1. The van der Waals surface area contributed by atoms with Gasteiger partial charge in [0.1, 0.15) is 5.69 Å². The first kappa shape index (κ1) is 14.7. The minimum atomic E-state index is -0.564. The fourth-order valence-corrected chi connectivity index (χ4v) is 2.57. The molecule has 0 aromatic heterocycles. The Kier molecular flexibility index (Phi) is 4.54. The summed E-state index contributed by atoms with van der Waals surface area (Å²) >= 11 is 0. The predicted octanol–water partition coefficient (Wildman–Crippen LogP) is 3.02. The van der Waals surface area contributed by atoms with E-state index in [1.807, 2.05) is 0 Å². The van der Waals surface area contributed by atoms with Crippen LogP contribution in [-0.2, 0) is 0 Å². The molecule has 0 unspecified atom stereocenters. The molecule has 0 saturated carbocycles. The van der Waals surface area contributed by atoms with Crippen molar-refractivity contribution in [3.63, 3.8) is 0 Å². The van der Waals surface area contributed by atoms with Gasteiger partial charge in [0.15, 0.2) is 5.82 Å². The van der Waals surface area contributed by atoms with Crippen molar-refractivity contribution in [1.82, 2.24) is 4.90 Å². The van der Waals surface area contributed by atoms with Crippen LogP contribution in [0.2, 0.25) is 0 Å². The Balaban J connectivity index is 2.06.